The second kappa shape index (κ2) is 11.2. The Morgan fingerprint density at radius 1 is 1.28 bits per heavy atom. The highest BCUT2D eigenvalue weighted by Gasteiger charge is 2.28. The Bertz CT molecular complexity index is 843. The Morgan fingerprint density at radius 3 is 2.78 bits per heavy atom. The zero-order chi connectivity index (χ0) is 23.3. The third-order valence-electron chi connectivity index (χ3n) is 5.88. The van der Waals surface area contributed by atoms with Crippen molar-refractivity contribution in [2.45, 2.75) is 32.0 Å². The van der Waals surface area contributed by atoms with Gasteiger partial charge in [0.1, 0.15) is 5.82 Å². The van der Waals surface area contributed by atoms with Crippen molar-refractivity contribution in [3.05, 3.63) is 40.7 Å². The van der Waals surface area contributed by atoms with Gasteiger partial charge in [-0.1, -0.05) is 24.6 Å². The minimum Gasteiger partial charge on any atom is -0.392 e. The lowest BCUT2D eigenvalue weighted by Gasteiger charge is -2.36. The number of piperidine rings is 1. The number of carbonyl (C=O) groups is 2. The van der Waals surface area contributed by atoms with Gasteiger partial charge in [-0.25, -0.2) is 4.39 Å². The number of aliphatic hydroxyl groups excluding tert-OH is 2. The van der Waals surface area contributed by atoms with Gasteiger partial charge in [0, 0.05) is 58.3 Å². The van der Waals surface area contributed by atoms with Gasteiger partial charge in [-0.3, -0.25) is 14.5 Å². The van der Waals surface area contributed by atoms with Crippen LogP contribution in [0.1, 0.15) is 25.3 Å². The fourth-order valence-corrected chi connectivity index (χ4v) is 4.54. The summed E-state index contributed by atoms with van der Waals surface area (Å²) >= 11 is 5.77. The van der Waals surface area contributed by atoms with Crippen LogP contribution in [0.5, 0.6) is 0 Å². The zero-order valence-electron chi connectivity index (χ0n) is 18.3. The van der Waals surface area contributed by atoms with Crippen LogP contribution in [0, 0.1) is 11.7 Å². The van der Waals surface area contributed by atoms with Crippen LogP contribution in [-0.4, -0.2) is 94.7 Å². The summed E-state index contributed by atoms with van der Waals surface area (Å²) in [6, 6.07) is 4.21. The largest absolute Gasteiger partial charge is 0.392 e. The van der Waals surface area contributed by atoms with E-state index in [0.717, 1.165) is 13.0 Å². The molecule has 0 unspecified atom stereocenters. The predicted molar refractivity (Wildman–Crippen MR) is 120 cm³/mol. The van der Waals surface area contributed by atoms with Crippen LogP contribution < -0.4 is 0 Å². The number of halogens is 2. The number of hydrogen-bond donors (Lipinski definition) is 2. The second-order valence-electron chi connectivity index (χ2n) is 8.79. The number of aliphatic hydroxyl groups is 2. The fraction of sp³-hybridized carbons (Fsp3) is 0.565. The van der Waals surface area contributed by atoms with Crippen LogP contribution in [0.4, 0.5) is 4.39 Å². The highest BCUT2D eigenvalue weighted by Crippen LogP contribution is 2.18. The normalized spacial score (nSPS) is 24.1. The second-order valence-corrected chi connectivity index (χ2v) is 9.20. The molecule has 2 aliphatic rings. The number of nitrogens with zero attached hydrogens (tertiary/aromatic N) is 3. The summed E-state index contributed by atoms with van der Waals surface area (Å²) in [6.45, 7) is 5.03. The predicted octanol–water partition coefficient (Wildman–Crippen LogP) is 1.62. The third-order valence-corrected chi connectivity index (χ3v) is 6.16. The molecule has 9 heteroatoms. The molecule has 32 heavy (non-hydrogen) atoms. The van der Waals surface area contributed by atoms with Gasteiger partial charge >= 0.3 is 0 Å². The van der Waals surface area contributed by atoms with Crippen molar-refractivity contribution in [1.29, 1.82) is 0 Å². The van der Waals surface area contributed by atoms with E-state index >= 15 is 0 Å². The average molecular weight is 468 g/mol. The first kappa shape index (κ1) is 24.6. The Kier molecular flexibility index (Phi) is 8.64. The Labute approximate surface area is 193 Å². The number of β-amino-alcohol motifs (C(OH)–C–C–N with tert-alkyl or cyclic N) is 2. The highest BCUT2D eigenvalue weighted by molar-refractivity contribution is 6.30. The van der Waals surface area contributed by atoms with Crippen molar-refractivity contribution in [2.75, 3.05) is 45.8 Å². The molecule has 0 bridgehead atoms. The molecule has 0 spiro atoms. The van der Waals surface area contributed by atoms with E-state index in [-0.39, 0.29) is 35.9 Å². The van der Waals surface area contributed by atoms with Gasteiger partial charge in [0.15, 0.2) is 0 Å². The van der Waals surface area contributed by atoms with Crippen molar-refractivity contribution in [3.8, 4) is 0 Å². The molecular weight excluding hydrogens is 437 g/mol. The van der Waals surface area contributed by atoms with Gasteiger partial charge in [-0.15, -0.1) is 0 Å². The lowest BCUT2D eigenvalue weighted by Crippen LogP contribution is -2.48. The van der Waals surface area contributed by atoms with E-state index in [9.17, 15) is 24.2 Å². The van der Waals surface area contributed by atoms with E-state index in [1.807, 2.05) is 4.90 Å². The highest BCUT2D eigenvalue weighted by atomic mass is 35.5. The van der Waals surface area contributed by atoms with Crippen molar-refractivity contribution in [2.24, 2.45) is 5.92 Å². The van der Waals surface area contributed by atoms with E-state index < -0.39 is 11.9 Å². The Balaban J connectivity index is 1.51. The maximum atomic E-state index is 13.3. The SMILES string of the molecule is C[C@@H]1C[C@H](O)CN(C[C@H](O)CN2CCN(C(=O)C=Cc3ccc(F)c(Cl)c3)CCC2=O)C1. The van der Waals surface area contributed by atoms with E-state index in [0.29, 0.717) is 44.2 Å². The van der Waals surface area contributed by atoms with Gasteiger partial charge in [-0.05, 0) is 36.1 Å². The first-order valence-electron chi connectivity index (χ1n) is 11.0. The average Bonchev–Trinajstić information content (AvgIpc) is 2.89. The Hall–Kier alpha value is -2.00. The number of rotatable bonds is 6. The molecule has 3 atom stereocenters. The van der Waals surface area contributed by atoms with Crippen LogP contribution in [0.25, 0.3) is 6.08 Å². The minimum absolute atomic E-state index is 0.0114. The van der Waals surface area contributed by atoms with E-state index in [1.54, 1.807) is 15.9 Å². The molecule has 2 saturated heterocycles. The van der Waals surface area contributed by atoms with Crippen LogP contribution >= 0.6 is 11.6 Å². The molecule has 176 valence electrons. The van der Waals surface area contributed by atoms with Crippen LogP contribution in [-0.2, 0) is 9.59 Å². The smallest absolute Gasteiger partial charge is 0.246 e. The monoisotopic (exact) mass is 467 g/mol. The molecule has 7 nitrogen and oxygen atoms in total. The van der Waals surface area contributed by atoms with Gasteiger partial charge in [0.05, 0.1) is 17.2 Å². The molecule has 3 rings (SSSR count). The fourth-order valence-electron chi connectivity index (χ4n) is 4.36. The van der Waals surface area contributed by atoms with E-state index in [2.05, 4.69) is 6.92 Å². The van der Waals surface area contributed by atoms with Crippen LogP contribution in [0.3, 0.4) is 0 Å². The molecule has 0 aliphatic carbocycles. The summed E-state index contributed by atoms with van der Waals surface area (Å²) in [4.78, 5) is 30.3. The summed E-state index contributed by atoms with van der Waals surface area (Å²) in [5.74, 6) is -0.489. The summed E-state index contributed by atoms with van der Waals surface area (Å²) in [6.07, 6.45) is 2.81. The van der Waals surface area contributed by atoms with Gasteiger partial charge in [-0.2, -0.15) is 0 Å². The first-order chi connectivity index (χ1) is 15.2. The molecule has 2 amide bonds. The lowest BCUT2D eigenvalue weighted by atomic mass is 9.98. The summed E-state index contributed by atoms with van der Waals surface area (Å²) in [5.41, 5.74) is 0.609. The molecule has 2 N–H and O–H groups in total. The van der Waals surface area contributed by atoms with Crippen molar-refractivity contribution in [1.82, 2.24) is 14.7 Å². The number of carbonyl (C=O) groups excluding carboxylic acids is 2. The topological polar surface area (TPSA) is 84.3 Å². The molecule has 1 aromatic rings. The molecular formula is C23H31ClFN3O4. The molecule has 1 aromatic carbocycles. The minimum atomic E-state index is -0.721. The van der Waals surface area contributed by atoms with Crippen LogP contribution in [0.2, 0.25) is 5.02 Å². The standard InChI is InChI=1S/C23H31ClFN3O4/c1-16-10-18(29)13-26(12-16)14-19(30)15-28-9-8-27(7-6-23(28)32)22(31)5-3-17-2-4-21(25)20(24)11-17/h2-5,11,16,18-19,29-30H,6-10,12-15H2,1H3/t16-,18+,19+/m1/s1. The van der Waals surface area contributed by atoms with Crippen LogP contribution in [0.15, 0.2) is 24.3 Å². The molecule has 0 aromatic heterocycles. The molecule has 0 radical (unpaired) electrons. The molecule has 2 aliphatic heterocycles. The number of amides is 2. The quantitative estimate of drug-likeness (QED) is 0.621. The third kappa shape index (κ3) is 7.00. The molecule has 2 heterocycles. The molecule has 0 saturated carbocycles. The molecule has 2 fully saturated rings. The summed E-state index contributed by atoms with van der Waals surface area (Å²) in [5, 5.41) is 20.4. The Morgan fingerprint density at radius 2 is 2.06 bits per heavy atom. The van der Waals surface area contributed by atoms with Gasteiger partial charge in [0.2, 0.25) is 11.8 Å². The maximum absolute atomic E-state index is 13.3. The number of hydrogen-bond acceptors (Lipinski definition) is 5. The first-order valence-corrected chi connectivity index (χ1v) is 11.4. The van der Waals surface area contributed by atoms with Gasteiger partial charge in [0.25, 0.3) is 0 Å². The number of likely N-dealkylation sites (tertiary alicyclic amines) is 1. The van der Waals surface area contributed by atoms with Crippen molar-refractivity contribution < 1.29 is 24.2 Å². The lowest BCUT2D eigenvalue weighted by molar-refractivity contribution is -0.132. The number of benzene rings is 1. The van der Waals surface area contributed by atoms with Crippen molar-refractivity contribution in [3.63, 3.8) is 0 Å². The van der Waals surface area contributed by atoms with Crippen molar-refractivity contribution >= 4 is 29.5 Å². The van der Waals surface area contributed by atoms with Gasteiger partial charge < -0.3 is 20.0 Å². The summed E-state index contributed by atoms with van der Waals surface area (Å²) < 4.78 is 13.3. The maximum Gasteiger partial charge on any atom is 0.246 e. The summed E-state index contributed by atoms with van der Waals surface area (Å²) in [7, 11) is 0. The van der Waals surface area contributed by atoms with E-state index in [1.165, 1.54) is 24.3 Å². The zero-order valence-corrected chi connectivity index (χ0v) is 19.0. The van der Waals surface area contributed by atoms with E-state index in [4.69, 9.17) is 11.6 Å².